The van der Waals surface area contributed by atoms with E-state index in [2.05, 4.69) is 29.1 Å². The van der Waals surface area contributed by atoms with E-state index < -0.39 is 0 Å². The van der Waals surface area contributed by atoms with E-state index in [1.54, 1.807) is 0 Å². The quantitative estimate of drug-likeness (QED) is 0.774. The molecule has 0 bridgehead atoms. The number of rotatable bonds is 7. The van der Waals surface area contributed by atoms with Crippen LogP contribution in [0.15, 0.2) is 0 Å². The van der Waals surface area contributed by atoms with Crippen molar-refractivity contribution in [1.29, 1.82) is 0 Å². The van der Waals surface area contributed by atoms with Crippen molar-refractivity contribution in [2.24, 2.45) is 5.92 Å². The molecule has 0 atom stereocenters. The molecule has 1 N–H and O–H groups in total. The van der Waals surface area contributed by atoms with Crippen LogP contribution >= 0.6 is 11.6 Å². The fraction of sp³-hybridized carbons (Fsp3) is 0.692. The molecule has 0 amide bonds. The van der Waals surface area contributed by atoms with Gasteiger partial charge in [0.05, 0.1) is 11.4 Å². The highest BCUT2D eigenvalue weighted by Gasteiger charge is 2.05. The van der Waals surface area contributed by atoms with Crippen LogP contribution in [0.1, 0.15) is 31.7 Å². The summed E-state index contributed by atoms with van der Waals surface area (Å²) < 4.78 is 5.50. The van der Waals surface area contributed by atoms with Crippen LogP contribution in [0.4, 0.5) is 5.82 Å². The largest absolute Gasteiger partial charge is 0.381 e. The van der Waals surface area contributed by atoms with Crippen molar-refractivity contribution in [3.05, 3.63) is 16.5 Å². The topological polar surface area (TPSA) is 47.0 Å². The van der Waals surface area contributed by atoms with Gasteiger partial charge in [0, 0.05) is 19.8 Å². The highest BCUT2D eigenvalue weighted by molar-refractivity contribution is 6.31. The molecule has 5 heteroatoms. The minimum absolute atomic E-state index is 0.432. The Kier molecular flexibility index (Phi) is 6.36. The highest BCUT2D eigenvalue weighted by Crippen LogP contribution is 2.18. The summed E-state index contributed by atoms with van der Waals surface area (Å²) in [4.78, 5) is 8.59. The van der Waals surface area contributed by atoms with Gasteiger partial charge >= 0.3 is 0 Å². The smallest absolute Gasteiger partial charge is 0.171 e. The SMILES string of the molecule is Cc1nc(Cl)c(NCCCOCC(C)C)nc1C. The van der Waals surface area contributed by atoms with Crippen molar-refractivity contribution in [2.75, 3.05) is 25.1 Å². The third-order valence-electron chi connectivity index (χ3n) is 2.47. The van der Waals surface area contributed by atoms with Gasteiger partial charge in [0.1, 0.15) is 0 Å². The minimum Gasteiger partial charge on any atom is -0.381 e. The van der Waals surface area contributed by atoms with Gasteiger partial charge in [0.2, 0.25) is 0 Å². The minimum atomic E-state index is 0.432. The molecule has 0 aliphatic heterocycles. The molecule has 0 spiro atoms. The van der Waals surface area contributed by atoms with E-state index >= 15 is 0 Å². The molecule has 1 aromatic rings. The van der Waals surface area contributed by atoms with Crippen molar-refractivity contribution >= 4 is 17.4 Å². The zero-order valence-electron chi connectivity index (χ0n) is 11.6. The van der Waals surface area contributed by atoms with E-state index in [4.69, 9.17) is 16.3 Å². The third kappa shape index (κ3) is 5.19. The second kappa shape index (κ2) is 7.54. The Hall–Kier alpha value is -0.870. The second-order valence-electron chi connectivity index (χ2n) is 4.78. The maximum Gasteiger partial charge on any atom is 0.171 e. The Labute approximate surface area is 114 Å². The van der Waals surface area contributed by atoms with Crippen LogP contribution in [0.5, 0.6) is 0 Å². The monoisotopic (exact) mass is 271 g/mol. The Bertz CT molecular complexity index is 383. The number of nitrogens with zero attached hydrogens (tertiary/aromatic N) is 2. The molecule has 1 heterocycles. The first-order valence-electron chi connectivity index (χ1n) is 6.33. The number of hydrogen-bond acceptors (Lipinski definition) is 4. The fourth-order valence-corrected chi connectivity index (χ4v) is 1.62. The third-order valence-corrected chi connectivity index (χ3v) is 2.74. The predicted octanol–water partition coefficient (Wildman–Crippen LogP) is 3.22. The average molecular weight is 272 g/mol. The summed E-state index contributed by atoms with van der Waals surface area (Å²) in [5, 5.41) is 3.62. The van der Waals surface area contributed by atoms with Crippen LogP contribution in [0.3, 0.4) is 0 Å². The Morgan fingerprint density at radius 1 is 1.22 bits per heavy atom. The first-order valence-corrected chi connectivity index (χ1v) is 6.71. The fourth-order valence-electron chi connectivity index (χ4n) is 1.39. The lowest BCUT2D eigenvalue weighted by atomic mass is 10.2. The molecule has 18 heavy (non-hydrogen) atoms. The molecule has 102 valence electrons. The summed E-state index contributed by atoms with van der Waals surface area (Å²) in [7, 11) is 0. The molecule has 4 nitrogen and oxygen atoms in total. The standard InChI is InChI=1S/C13H22ClN3O/c1-9(2)8-18-7-5-6-15-13-12(14)16-10(3)11(4)17-13/h9H,5-8H2,1-4H3,(H,15,17). The van der Waals surface area contributed by atoms with Crippen molar-refractivity contribution in [2.45, 2.75) is 34.1 Å². The summed E-state index contributed by atoms with van der Waals surface area (Å²) in [5.74, 6) is 1.24. The number of aryl methyl sites for hydroxylation is 2. The molecule has 0 radical (unpaired) electrons. The maximum atomic E-state index is 6.02. The Balaban J connectivity index is 2.29. The number of nitrogens with one attached hydrogen (secondary N) is 1. The summed E-state index contributed by atoms with van der Waals surface area (Å²) in [6.07, 6.45) is 0.928. The van der Waals surface area contributed by atoms with E-state index in [0.717, 1.165) is 37.6 Å². The van der Waals surface area contributed by atoms with E-state index in [-0.39, 0.29) is 0 Å². The van der Waals surface area contributed by atoms with Gasteiger partial charge in [-0.05, 0) is 26.2 Å². The molecule has 0 saturated carbocycles. The molecular weight excluding hydrogens is 250 g/mol. The lowest BCUT2D eigenvalue weighted by Crippen LogP contribution is -2.10. The lowest BCUT2D eigenvalue weighted by molar-refractivity contribution is 0.110. The van der Waals surface area contributed by atoms with Crippen LogP contribution in [0.25, 0.3) is 0 Å². The molecule has 0 aliphatic carbocycles. The van der Waals surface area contributed by atoms with Crippen LogP contribution < -0.4 is 5.32 Å². The number of halogens is 1. The number of aromatic nitrogens is 2. The van der Waals surface area contributed by atoms with E-state index in [1.165, 1.54) is 0 Å². The van der Waals surface area contributed by atoms with Crippen LogP contribution in [0, 0.1) is 19.8 Å². The molecule has 0 aromatic carbocycles. The average Bonchev–Trinajstić information content (AvgIpc) is 2.29. The molecule has 0 saturated heterocycles. The van der Waals surface area contributed by atoms with Crippen molar-refractivity contribution in [3.8, 4) is 0 Å². The summed E-state index contributed by atoms with van der Waals surface area (Å²) in [6, 6.07) is 0. The second-order valence-corrected chi connectivity index (χ2v) is 5.14. The van der Waals surface area contributed by atoms with Crippen LogP contribution in [0.2, 0.25) is 5.15 Å². The molecular formula is C13H22ClN3O. The predicted molar refractivity (Wildman–Crippen MR) is 75.3 cm³/mol. The van der Waals surface area contributed by atoms with Gasteiger partial charge in [-0.25, -0.2) is 9.97 Å². The van der Waals surface area contributed by atoms with Crippen molar-refractivity contribution in [1.82, 2.24) is 9.97 Å². The Morgan fingerprint density at radius 3 is 2.56 bits per heavy atom. The normalized spacial score (nSPS) is 11.0. The van der Waals surface area contributed by atoms with Crippen molar-refractivity contribution in [3.63, 3.8) is 0 Å². The van der Waals surface area contributed by atoms with Crippen LogP contribution in [-0.4, -0.2) is 29.7 Å². The van der Waals surface area contributed by atoms with Crippen molar-refractivity contribution < 1.29 is 4.74 Å². The van der Waals surface area contributed by atoms with Gasteiger partial charge in [-0.15, -0.1) is 0 Å². The summed E-state index contributed by atoms with van der Waals surface area (Å²) in [6.45, 7) is 10.5. The summed E-state index contributed by atoms with van der Waals surface area (Å²) >= 11 is 6.02. The number of ether oxygens (including phenoxy) is 1. The van der Waals surface area contributed by atoms with Gasteiger partial charge in [-0.1, -0.05) is 25.4 Å². The van der Waals surface area contributed by atoms with Gasteiger partial charge in [0.15, 0.2) is 11.0 Å². The van der Waals surface area contributed by atoms with E-state index in [0.29, 0.717) is 16.9 Å². The zero-order valence-corrected chi connectivity index (χ0v) is 12.3. The molecule has 0 fully saturated rings. The molecule has 1 aromatic heterocycles. The van der Waals surface area contributed by atoms with E-state index in [1.807, 2.05) is 13.8 Å². The highest BCUT2D eigenvalue weighted by atomic mass is 35.5. The van der Waals surface area contributed by atoms with Gasteiger partial charge in [-0.3, -0.25) is 0 Å². The molecule has 0 aliphatic rings. The van der Waals surface area contributed by atoms with Gasteiger partial charge in [0.25, 0.3) is 0 Å². The lowest BCUT2D eigenvalue weighted by Gasteiger charge is -2.10. The molecule has 1 rings (SSSR count). The zero-order chi connectivity index (χ0) is 13.5. The first kappa shape index (κ1) is 15.2. The van der Waals surface area contributed by atoms with E-state index in [9.17, 15) is 0 Å². The maximum absolute atomic E-state index is 6.02. The first-order chi connectivity index (χ1) is 8.50. The summed E-state index contributed by atoms with van der Waals surface area (Å²) in [5.41, 5.74) is 1.77. The molecule has 0 unspecified atom stereocenters. The van der Waals surface area contributed by atoms with Gasteiger partial charge in [-0.2, -0.15) is 0 Å². The Morgan fingerprint density at radius 2 is 1.89 bits per heavy atom. The van der Waals surface area contributed by atoms with Crippen LogP contribution in [-0.2, 0) is 4.74 Å². The number of anilines is 1. The number of hydrogen-bond donors (Lipinski definition) is 1. The van der Waals surface area contributed by atoms with Gasteiger partial charge < -0.3 is 10.1 Å².